The number of hydrogen-bond acceptors (Lipinski definition) is 8. The Hall–Kier alpha value is -3.88. The minimum Gasteiger partial charge on any atom is -0.454 e. The van der Waals surface area contributed by atoms with Crippen molar-refractivity contribution in [3.05, 3.63) is 64.5 Å². The van der Waals surface area contributed by atoms with Crippen LogP contribution in [-0.2, 0) is 0 Å². The first-order valence-electron chi connectivity index (χ1n) is 8.10. The quantitative estimate of drug-likeness (QED) is 0.517. The number of ether oxygens (including phenoxy) is 2. The molecule has 1 aliphatic heterocycles. The number of benzene rings is 2. The molecule has 0 saturated heterocycles. The minimum atomic E-state index is -0.522. The number of hydrogen-bond donors (Lipinski definition) is 2. The van der Waals surface area contributed by atoms with Crippen molar-refractivity contribution in [1.29, 1.82) is 0 Å². The molecule has 27 heavy (non-hydrogen) atoms. The fourth-order valence-corrected chi connectivity index (χ4v) is 2.62. The van der Waals surface area contributed by atoms with Crippen LogP contribution in [0.1, 0.15) is 5.56 Å². The fraction of sp³-hybridized carbons (Fsp3) is 0.111. The molecule has 2 N–H and O–H groups in total. The Morgan fingerprint density at radius 2 is 1.59 bits per heavy atom. The summed E-state index contributed by atoms with van der Waals surface area (Å²) in [5, 5.41) is 17.6. The second kappa shape index (κ2) is 6.79. The predicted octanol–water partition coefficient (Wildman–Crippen LogP) is 3.91. The summed E-state index contributed by atoms with van der Waals surface area (Å²) in [6.07, 6.45) is 1.26. The van der Waals surface area contributed by atoms with Crippen molar-refractivity contribution in [1.82, 2.24) is 9.97 Å². The van der Waals surface area contributed by atoms with Crippen LogP contribution in [0.15, 0.2) is 48.8 Å². The van der Waals surface area contributed by atoms with Crippen molar-refractivity contribution >= 4 is 28.7 Å². The van der Waals surface area contributed by atoms with Gasteiger partial charge in [-0.05, 0) is 31.2 Å². The summed E-state index contributed by atoms with van der Waals surface area (Å²) >= 11 is 0. The van der Waals surface area contributed by atoms with E-state index in [0.717, 1.165) is 5.56 Å². The highest BCUT2D eigenvalue weighted by atomic mass is 16.7. The second-order valence-electron chi connectivity index (χ2n) is 5.86. The number of aryl methyl sites for hydroxylation is 1. The maximum atomic E-state index is 11.7. The topological polar surface area (TPSA) is 111 Å². The molecule has 0 fully saturated rings. The first-order valence-corrected chi connectivity index (χ1v) is 8.10. The standard InChI is InChI=1S/C18H15N5O4/c1-11-2-4-12(5-3-11)21-17-16(23(24)25)18(20-9-19-17)22-13-6-7-14-15(8-13)27-10-26-14/h2-9H,10H2,1H3,(H2,19,20,21,22). The molecule has 9 heteroatoms. The number of fused-ring (bicyclic) bond motifs is 1. The van der Waals surface area contributed by atoms with Crippen LogP contribution in [0.2, 0.25) is 0 Å². The molecule has 2 heterocycles. The first kappa shape index (κ1) is 16.6. The van der Waals surface area contributed by atoms with E-state index < -0.39 is 4.92 Å². The normalized spacial score (nSPS) is 11.9. The molecule has 4 rings (SSSR count). The van der Waals surface area contributed by atoms with Gasteiger partial charge in [-0.15, -0.1) is 0 Å². The van der Waals surface area contributed by atoms with Gasteiger partial charge < -0.3 is 20.1 Å². The first-order chi connectivity index (χ1) is 13.1. The zero-order chi connectivity index (χ0) is 18.8. The molecular formula is C18H15N5O4. The third-order valence-corrected chi connectivity index (χ3v) is 3.95. The summed E-state index contributed by atoms with van der Waals surface area (Å²) in [6, 6.07) is 12.6. The highest BCUT2D eigenvalue weighted by Crippen LogP contribution is 2.37. The largest absolute Gasteiger partial charge is 0.454 e. The zero-order valence-corrected chi connectivity index (χ0v) is 14.3. The molecule has 0 saturated carbocycles. The van der Waals surface area contributed by atoms with Gasteiger partial charge in [-0.1, -0.05) is 17.7 Å². The highest BCUT2D eigenvalue weighted by molar-refractivity contribution is 5.77. The Kier molecular flexibility index (Phi) is 4.17. The van der Waals surface area contributed by atoms with Gasteiger partial charge in [0.1, 0.15) is 6.33 Å². The van der Waals surface area contributed by atoms with Crippen LogP contribution in [0.4, 0.5) is 28.7 Å². The Labute approximate surface area is 154 Å². The van der Waals surface area contributed by atoms with Crippen LogP contribution < -0.4 is 20.1 Å². The number of nitrogens with zero attached hydrogens (tertiary/aromatic N) is 3. The second-order valence-corrected chi connectivity index (χ2v) is 5.86. The van der Waals surface area contributed by atoms with Gasteiger partial charge in [0.05, 0.1) is 4.92 Å². The third kappa shape index (κ3) is 3.43. The minimum absolute atomic E-state index is 0.0727. The van der Waals surface area contributed by atoms with Crippen molar-refractivity contribution in [2.24, 2.45) is 0 Å². The maximum absolute atomic E-state index is 11.7. The van der Waals surface area contributed by atoms with Crippen LogP contribution >= 0.6 is 0 Å². The van der Waals surface area contributed by atoms with E-state index in [4.69, 9.17) is 9.47 Å². The molecule has 0 bridgehead atoms. The zero-order valence-electron chi connectivity index (χ0n) is 14.3. The van der Waals surface area contributed by atoms with Gasteiger partial charge >= 0.3 is 5.69 Å². The number of rotatable bonds is 5. The molecule has 2 aromatic carbocycles. The summed E-state index contributed by atoms with van der Waals surface area (Å²) in [5.41, 5.74) is 2.11. The van der Waals surface area contributed by atoms with Gasteiger partial charge in [0, 0.05) is 17.4 Å². The summed E-state index contributed by atoms with van der Waals surface area (Å²) in [5.74, 6) is 1.36. The molecule has 0 aliphatic carbocycles. The smallest absolute Gasteiger partial charge is 0.353 e. The monoisotopic (exact) mass is 365 g/mol. The summed E-state index contributed by atoms with van der Waals surface area (Å²) < 4.78 is 10.6. The van der Waals surface area contributed by atoms with E-state index in [9.17, 15) is 10.1 Å². The van der Waals surface area contributed by atoms with Gasteiger partial charge in [0.15, 0.2) is 11.5 Å². The van der Waals surface area contributed by atoms with Crippen LogP contribution in [-0.4, -0.2) is 21.7 Å². The SMILES string of the molecule is Cc1ccc(Nc2ncnc(Nc3ccc4c(c3)OCO4)c2[N+](=O)[O-])cc1. The predicted molar refractivity (Wildman–Crippen MR) is 99.0 cm³/mol. The van der Waals surface area contributed by atoms with E-state index in [1.165, 1.54) is 6.33 Å². The lowest BCUT2D eigenvalue weighted by Gasteiger charge is -2.10. The molecule has 9 nitrogen and oxygen atoms in total. The summed E-state index contributed by atoms with van der Waals surface area (Å²) in [4.78, 5) is 19.2. The van der Waals surface area contributed by atoms with Crippen molar-refractivity contribution in [2.45, 2.75) is 6.92 Å². The lowest BCUT2D eigenvalue weighted by molar-refractivity contribution is -0.383. The van der Waals surface area contributed by atoms with Crippen molar-refractivity contribution in [2.75, 3.05) is 17.4 Å². The van der Waals surface area contributed by atoms with Gasteiger partial charge in [-0.3, -0.25) is 10.1 Å². The lowest BCUT2D eigenvalue weighted by Crippen LogP contribution is -2.05. The van der Waals surface area contributed by atoms with Gasteiger partial charge in [-0.2, -0.15) is 0 Å². The number of nitrogens with one attached hydrogen (secondary N) is 2. The highest BCUT2D eigenvalue weighted by Gasteiger charge is 2.24. The molecule has 3 aromatic rings. The Morgan fingerprint density at radius 3 is 2.30 bits per heavy atom. The summed E-state index contributed by atoms with van der Waals surface area (Å²) in [6.45, 7) is 2.11. The van der Waals surface area contributed by atoms with E-state index in [0.29, 0.717) is 22.9 Å². The molecule has 1 aliphatic rings. The van der Waals surface area contributed by atoms with Crippen LogP contribution in [0.3, 0.4) is 0 Å². The Balaban J connectivity index is 1.66. The average Bonchev–Trinajstić information content (AvgIpc) is 3.11. The van der Waals surface area contributed by atoms with E-state index in [1.807, 2.05) is 31.2 Å². The van der Waals surface area contributed by atoms with Crippen LogP contribution in [0.5, 0.6) is 11.5 Å². The van der Waals surface area contributed by atoms with Gasteiger partial charge in [-0.25, -0.2) is 9.97 Å². The van der Waals surface area contributed by atoms with Crippen molar-refractivity contribution in [3.8, 4) is 11.5 Å². The molecule has 0 unspecified atom stereocenters. The Morgan fingerprint density at radius 1 is 0.963 bits per heavy atom. The van der Waals surface area contributed by atoms with Crippen LogP contribution in [0, 0.1) is 17.0 Å². The molecule has 0 radical (unpaired) electrons. The molecule has 0 amide bonds. The van der Waals surface area contributed by atoms with E-state index in [1.54, 1.807) is 18.2 Å². The number of aromatic nitrogens is 2. The van der Waals surface area contributed by atoms with Crippen molar-refractivity contribution < 1.29 is 14.4 Å². The molecule has 0 atom stereocenters. The van der Waals surface area contributed by atoms with Crippen LogP contribution in [0.25, 0.3) is 0 Å². The third-order valence-electron chi connectivity index (χ3n) is 3.95. The van der Waals surface area contributed by atoms with Crippen molar-refractivity contribution in [3.63, 3.8) is 0 Å². The van der Waals surface area contributed by atoms with Gasteiger partial charge in [0.25, 0.3) is 0 Å². The van der Waals surface area contributed by atoms with E-state index in [2.05, 4.69) is 20.6 Å². The molecule has 0 spiro atoms. The Bertz CT molecular complexity index is 1010. The number of anilines is 4. The van der Waals surface area contributed by atoms with Gasteiger partial charge in [0.2, 0.25) is 18.4 Å². The average molecular weight is 365 g/mol. The number of nitro groups is 1. The summed E-state index contributed by atoms with van der Waals surface area (Å²) in [7, 11) is 0. The van der Waals surface area contributed by atoms with E-state index >= 15 is 0 Å². The maximum Gasteiger partial charge on any atom is 0.353 e. The lowest BCUT2D eigenvalue weighted by atomic mass is 10.2. The molecule has 1 aromatic heterocycles. The molecule has 136 valence electrons. The fourth-order valence-electron chi connectivity index (χ4n) is 2.62. The molecular weight excluding hydrogens is 350 g/mol. The van der Waals surface area contributed by atoms with E-state index in [-0.39, 0.29) is 24.1 Å².